The van der Waals surface area contributed by atoms with Crippen LogP contribution >= 0.6 is 34.8 Å². The Kier molecular flexibility index (Phi) is 4.78. The van der Waals surface area contributed by atoms with Crippen LogP contribution in [-0.2, 0) is 0 Å². The lowest BCUT2D eigenvalue weighted by Crippen LogP contribution is -2.07. The maximum absolute atomic E-state index is 6.56. The summed E-state index contributed by atoms with van der Waals surface area (Å²) in [6, 6.07) is 12.0. The van der Waals surface area contributed by atoms with Gasteiger partial charge in [0.1, 0.15) is 0 Å². The maximum atomic E-state index is 6.56. The van der Waals surface area contributed by atoms with E-state index in [9.17, 15) is 0 Å². The quantitative estimate of drug-likeness (QED) is 0.501. The number of halogens is 3. The van der Waals surface area contributed by atoms with Crippen molar-refractivity contribution in [2.75, 3.05) is 0 Å². The van der Waals surface area contributed by atoms with E-state index < -0.39 is 0 Å². The zero-order valence-electron chi connectivity index (χ0n) is 11.7. The first kappa shape index (κ1) is 15.2. The Morgan fingerprint density at radius 1 is 0.810 bits per heavy atom. The second kappa shape index (κ2) is 6.60. The van der Waals surface area contributed by atoms with E-state index in [-0.39, 0.29) is 0 Å². The fraction of sp³-hybridized carbons (Fsp3) is 0.333. The van der Waals surface area contributed by atoms with Crippen LogP contribution in [0.3, 0.4) is 0 Å². The molecule has 1 saturated carbocycles. The molecule has 0 heterocycles. The first-order valence-electron chi connectivity index (χ1n) is 7.41. The topological polar surface area (TPSA) is 0 Å². The molecule has 0 atom stereocenters. The molecule has 0 spiro atoms. The molecule has 3 heteroatoms. The van der Waals surface area contributed by atoms with Crippen LogP contribution in [0.1, 0.15) is 43.6 Å². The normalized spacial score (nSPS) is 16.1. The molecule has 0 aliphatic heterocycles. The number of rotatable bonds is 2. The van der Waals surface area contributed by atoms with Crippen molar-refractivity contribution < 1.29 is 0 Å². The lowest BCUT2D eigenvalue weighted by atomic mass is 9.80. The van der Waals surface area contributed by atoms with Crippen LogP contribution in [0.5, 0.6) is 0 Å². The summed E-state index contributed by atoms with van der Waals surface area (Å²) in [5.41, 5.74) is 3.31. The van der Waals surface area contributed by atoms with Crippen molar-refractivity contribution in [3.05, 3.63) is 57.0 Å². The van der Waals surface area contributed by atoms with Gasteiger partial charge in [-0.15, -0.1) is 0 Å². The molecule has 0 aromatic heterocycles. The summed E-state index contributed by atoms with van der Waals surface area (Å²) in [6.07, 6.45) is 6.13. The molecule has 3 rings (SSSR count). The van der Waals surface area contributed by atoms with Gasteiger partial charge in [0.05, 0.1) is 15.1 Å². The smallest absolute Gasteiger partial charge is 0.0634 e. The molecule has 1 fully saturated rings. The highest BCUT2D eigenvalue weighted by atomic mass is 35.5. The molecule has 0 unspecified atom stereocenters. The molecule has 0 bridgehead atoms. The minimum atomic E-state index is 0.456. The van der Waals surface area contributed by atoms with Gasteiger partial charge in [0.15, 0.2) is 0 Å². The molecule has 0 radical (unpaired) electrons. The van der Waals surface area contributed by atoms with Crippen LogP contribution in [-0.4, -0.2) is 0 Å². The summed E-state index contributed by atoms with van der Waals surface area (Å²) in [4.78, 5) is 0. The van der Waals surface area contributed by atoms with Gasteiger partial charge in [-0.2, -0.15) is 0 Å². The summed E-state index contributed by atoms with van der Waals surface area (Å²) >= 11 is 19.4. The Hall–Kier alpha value is -0.690. The highest BCUT2D eigenvalue weighted by molar-refractivity contribution is 6.44. The highest BCUT2D eigenvalue weighted by Gasteiger charge is 2.25. The summed E-state index contributed by atoms with van der Waals surface area (Å²) in [7, 11) is 0. The SMILES string of the molecule is Clc1cc(Cl)c(-c2ccccc2)c(C2CCCCC2)c1Cl. The van der Waals surface area contributed by atoms with Crippen molar-refractivity contribution in [3.63, 3.8) is 0 Å². The molecule has 2 aromatic rings. The van der Waals surface area contributed by atoms with Gasteiger partial charge in [0, 0.05) is 5.56 Å². The molecule has 1 aliphatic carbocycles. The molecular formula is C18H17Cl3. The lowest BCUT2D eigenvalue weighted by Gasteiger charge is -2.26. The first-order valence-corrected chi connectivity index (χ1v) is 8.54. The van der Waals surface area contributed by atoms with Crippen LogP contribution in [0.4, 0.5) is 0 Å². The minimum absolute atomic E-state index is 0.456. The standard InChI is InChI=1S/C18H17Cl3/c19-14-11-15(20)18(21)17(13-9-5-2-6-10-13)16(14)12-7-3-1-4-8-12/h1,3-4,7-8,11,13H,2,5-6,9-10H2. The number of hydrogen-bond donors (Lipinski definition) is 0. The van der Waals surface area contributed by atoms with Crippen LogP contribution in [0.2, 0.25) is 15.1 Å². The van der Waals surface area contributed by atoms with Crippen molar-refractivity contribution in [2.45, 2.75) is 38.0 Å². The third-order valence-corrected chi connectivity index (χ3v) is 5.38. The Labute approximate surface area is 141 Å². The molecular weight excluding hydrogens is 323 g/mol. The predicted molar refractivity (Wildman–Crippen MR) is 92.7 cm³/mol. The van der Waals surface area contributed by atoms with Gasteiger partial charge >= 0.3 is 0 Å². The first-order chi connectivity index (χ1) is 10.2. The third-order valence-electron chi connectivity index (χ3n) is 4.28. The van der Waals surface area contributed by atoms with E-state index in [4.69, 9.17) is 34.8 Å². The zero-order chi connectivity index (χ0) is 14.8. The number of benzene rings is 2. The Morgan fingerprint density at radius 3 is 2.14 bits per heavy atom. The zero-order valence-corrected chi connectivity index (χ0v) is 14.0. The summed E-state index contributed by atoms with van der Waals surface area (Å²) < 4.78 is 0. The molecule has 1 aliphatic rings. The fourth-order valence-electron chi connectivity index (χ4n) is 3.29. The molecule has 0 N–H and O–H groups in total. The van der Waals surface area contributed by atoms with Gasteiger partial charge in [-0.1, -0.05) is 84.4 Å². The van der Waals surface area contributed by atoms with Crippen molar-refractivity contribution in [3.8, 4) is 11.1 Å². The number of hydrogen-bond acceptors (Lipinski definition) is 0. The Bertz CT molecular complexity index is 629. The molecule has 0 amide bonds. The van der Waals surface area contributed by atoms with E-state index in [1.165, 1.54) is 19.3 Å². The third kappa shape index (κ3) is 3.08. The van der Waals surface area contributed by atoms with Crippen LogP contribution in [0.25, 0.3) is 11.1 Å². The second-order valence-corrected chi connectivity index (χ2v) is 6.84. The highest BCUT2D eigenvalue weighted by Crippen LogP contribution is 2.47. The molecule has 0 nitrogen and oxygen atoms in total. The van der Waals surface area contributed by atoms with E-state index in [1.807, 2.05) is 18.2 Å². The van der Waals surface area contributed by atoms with Gasteiger partial charge in [-0.25, -0.2) is 0 Å². The van der Waals surface area contributed by atoms with Crippen molar-refractivity contribution in [2.24, 2.45) is 0 Å². The van der Waals surface area contributed by atoms with Crippen molar-refractivity contribution in [1.29, 1.82) is 0 Å². The van der Waals surface area contributed by atoms with E-state index >= 15 is 0 Å². The van der Waals surface area contributed by atoms with E-state index in [1.54, 1.807) is 6.07 Å². The molecule has 21 heavy (non-hydrogen) atoms. The lowest BCUT2D eigenvalue weighted by molar-refractivity contribution is 0.444. The predicted octanol–water partition coefficient (Wildman–Crippen LogP) is 7.36. The van der Waals surface area contributed by atoms with E-state index in [0.717, 1.165) is 29.5 Å². The average molecular weight is 340 g/mol. The molecule has 0 saturated heterocycles. The minimum Gasteiger partial charge on any atom is -0.0836 e. The van der Waals surface area contributed by atoms with Crippen LogP contribution in [0.15, 0.2) is 36.4 Å². The second-order valence-electron chi connectivity index (χ2n) is 5.64. The maximum Gasteiger partial charge on any atom is 0.0634 e. The summed E-state index contributed by atoms with van der Waals surface area (Å²) in [6.45, 7) is 0. The molecule has 110 valence electrons. The van der Waals surface area contributed by atoms with Gasteiger partial charge in [0.2, 0.25) is 0 Å². The van der Waals surface area contributed by atoms with Crippen LogP contribution in [0, 0.1) is 0 Å². The van der Waals surface area contributed by atoms with Gasteiger partial charge in [-0.05, 0) is 36.0 Å². The van der Waals surface area contributed by atoms with Gasteiger partial charge in [0.25, 0.3) is 0 Å². The van der Waals surface area contributed by atoms with Crippen LogP contribution < -0.4 is 0 Å². The largest absolute Gasteiger partial charge is 0.0836 e. The van der Waals surface area contributed by atoms with Crippen molar-refractivity contribution >= 4 is 34.8 Å². The molecule has 2 aromatic carbocycles. The van der Waals surface area contributed by atoms with Crippen molar-refractivity contribution in [1.82, 2.24) is 0 Å². The van der Waals surface area contributed by atoms with Gasteiger partial charge in [-0.3, -0.25) is 0 Å². The summed E-state index contributed by atoms with van der Waals surface area (Å²) in [5, 5.41) is 1.92. The summed E-state index contributed by atoms with van der Waals surface area (Å²) in [5.74, 6) is 0.456. The Balaban J connectivity index is 2.20. The van der Waals surface area contributed by atoms with E-state index in [0.29, 0.717) is 21.0 Å². The fourth-order valence-corrected chi connectivity index (χ4v) is 4.18. The van der Waals surface area contributed by atoms with Gasteiger partial charge < -0.3 is 0 Å². The average Bonchev–Trinajstić information content (AvgIpc) is 2.52. The monoisotopic (exact) mass is 338 g/mol. The van der Waals surface area contributed by atoms with E-state index in [2.05, 4.69) is 12.1 Å². The Morgan fingerprint density at radius 2 is 1.48 bits per heavy atom.